The molecule has 4 nitrogen and oxygen atoms in total. The van der Waals surface area contributed by atoms with Crippen LogP contribution in [-0.2, 0) is 14.3 Å². The number of hydrogen-bond donors (Lipinski definition) is 1. The predicted molar refractivity (Wildman–Crippen MR) is 106 cm³/mol. The summed E-state index contributed by atoms with van der Waals surface area (Å²) >= 11 is 6.03. The Balaban J connectivity index is 1.51. The summed E-state index contributed by atoms with van der Waals surface area (Å²) in [5.74, 6) is 0.318. The number of benzene rings is 2. The number of aromatic hydroxyl groups is 1. The molecule has 0 aromatic heterocycles. The molecule has 144 valence electrons. The number of rotatable bonds is 5. The highest BCUT2D eigenvalue weighted by Crippen LogP contribution is 2.40. The van der Waals surface area contributed by atoms with Crippen LogP contribution in [0.25, 0.3) is 11.1 Å². The first-order valence-corrected chi connectivity index (χ1v) is 9.51. The summed E-state index contributed by atoms with van der Waals surface area (Å²) in [6.07, 6.45) is 1.88. The van der Waals surface area contributed by atoms with Crippen LogP contribution in [0.4, 0.5) is 0 Å². The Labute approximate surface area is 165 Å². The highest BCUT2D eigenvalue weighted by molar-refractivity contribution is 6.31. The monoisotopic (exact) mass is 388 g/mol. The molecular weight excluding hydrogens is 364 g/mol. The first-order chi connectivity index (χ1) is 12.7. The summed E-state index contributed by atoms with van der Waals surface area (Å²) in [5, 5.41) is 10.6. The van der Waals surface area contributed by atoms with Gasteiger partial charge in [-0.3, -0.25) is 0 Å². The molecule has 3 rings (SSSR count). The van der Waals surface area contributed by atoms with Gasteiger partial charge in [0, 0.05) is 10.6 Å². The third-order valence-corrected chi connectivity index (χ3v) is 4.84. The van der Waals surface area contributed by atoms with Gasteiger partial charge < -0.3 is 14.6 Å². The van der Waals surface area contributed by atoms with Gasteiger partial charge in [0.1, 0.15) is 18.0 Å². The Morgan fingerprint density at radius 3 is 2.44 bits per heavy atom. The van der Waals surface area contributed by atoms with Crippen molar-refractivity contribution in [2.45, 2.75) is 51.2 Å². The zero-order valence-corrected chi connectivity index (χ0v) is 16.6. The molecular formula is C22H25ClO4. The molecule has 0 aliphatic heterocycles. The van der Waals surface area contributed by atoms with Crippen molar-refractivity contribution < 1.29 is 19.4 Å². The third-order valence-electron chi connectivity index (χ3n) is 4.60. The van der Waals surface area contributed by atoms with E-state index in [0.29, 0.717) is 10.9 Å². The number of hydrogen-bond acceptors (Lipinski definition) is 4. The molecule has 0 heterocycles. The molecule has 0 radical (unpaired) electrons. The fraction of sp³-hybridized carbons (Fsp3) is 0.409. The van der Waals surface area contributed by atoms with Crippen molar-refractivity contribution in [1.82, 2.24) is 0 Å². The van der Waals surface area contributed by atoms with Gasteiger partial charge in [-0.25, -0.2) is 4.79 Å². The molecule has 1 aliphatic carbocycles. The lowest BCUT2D eigenvalue weighted by atomic mass is 9.77. The fourth-order valence-corrected chi connectivity index (χ4v) is 3.38. The van der Waals surface area contributed by atoms with E-state index in [1.54, 1.807) is 18.2 Å². The minimum atomic E-state index is -0.484. The molecule has 0 bridgehead atoms. The first-order valence-electron chi connectivity index (χ1n) is 9.13. The first kappa shape index (κ1) is 19.7. The SMILES string of the molecule is CC(C)(C)OC(=O)CO[C@H]1C[C@@H](c2ccc(-c3cc(Cl)ccc3O)cc2)C1. The van der Waals surface area contributed by atoms with Crippen molar-refractivity contribution in [3.8, 4) is 16.9 Å². The standard InChI is InChI=1S/C22H25ClO4/c1-22(2,3)27-21(25)13-26-18-10-16(11-18)14-4-6-15(7-5-14)19-12-17(23)8-9-20(19)24/h4-9,12,16,18,24H,10-11,13H2,1-3H3/t16-,18+. The Morgan fingerprint density at radius 2 is 1.81 bits per heavy atom. The van der Waals surface area contributed by atoms with Gasteiger partial charge in [-0.2, -0.15) is 0 Å². The number of ether oxygens (including phenoxy) is 2. The van der Waals surface area contributed by atoms with Crippen molar-refractivity contribution in [2.75, 3.05) is 6.61 Å². The molecule has 0 spiro atoms. The molecule has 1 N–H and O–H groups in total. The minimum absolute atomic E-state index is 0.00162. The Hall–Kier alpha value is -2.04. The van der Waals surface area contributed by atoms with E-state index in [-0.39, 0.29) is 24.4 Å². The van der Waals surface area contributed by atoms with E-state index in [0.717, 1.165) is 24.0 Å². The lowest BCUT2D eigenvalue weighted by molar-refractivity contribution is -0.164. The highest BCUT2D eigenvalue weighted by atomic mass is 35.5. The second-order valence-electron chi connectivity index (χ2n) is 7.97. The average molecular weight is 389 g/mol. The molecule has 1 saturated carbocycles. The van der Waals surface area contributed by atoms with Gasteiger partial charge in [0.2, 0.25) is 0 Å². The van der Waals surface area contributed by atoms with Crippen LogP contribution < -0.4 is 0 Å². The predicted octanol–water partition coefficient (Wildman–Crippen LogP) is 5.32. The van der Waals surface area contributed by atoms with Gasteiger partial charge in [0.25, 0.3) is 0 Å². The van der Waals surface area contributed by atoms with E-state index < -0.39 is 5.60 Å². The third kappa shape index (κ3) is 5.24. The van der Waals surface area contributed by atoms with E-state index in [4.69, 9.17) is 21.1 Å². The van der Waals surface area contributed by atoms with E-state index in [1.807, 2.05) is 32.9 Å². The van der Waals surface area contributed by atoms with Crippen LogP contribution in [0.1, 0.15) is 45.1 Å². The van der Waals surface area contributed by atoms with Gasteiger partial charge in [0.15, 0.2) is 0 Å². The Bertz CT molecular complexity index is 802. The summed E-state index contributed by atoms with van der Waals surface area (Å²) in [6, 6.07) is 13.2. The Morgan fingerprint density at radius 1 is 1.15 bits per heavy atom. The van der Waals surface area contributed by atoms with Crippen molar-refractivity contribution >= 4 is 17.6 Å². The van der Waals surface area contributed by atoms with Crippen molar-refractivity contribution in [3.63, 3.8) is 0 Å². The maximum Gasteiger partial charge on any atom is 0.332 e. The fourth-order valence-electron chi connectivity index (χ4n) is 3.21. The molecule has 1 aliphatic rings. The average Bonchev–Trinajstić information content (AvgIpc) is 2.54. The van der Waals surface area contributed by atoms with Gasteiger partial charge >= 0.3 is 5.97 Å². The summed E-state index contributed by atoms with van der Waals surface area (Å²) in [7, 11) is 0. The van der Waals surface area contributed by atoms with E-state index in [2.05, 4.69) is 12.1 Å². The minimum Gasteiger partial charge on any atom is -0.507 e. The Kier molecular flexibility index (Phi) is 5.78. The van der Waals surface area contributed by atoms with Gasteiger partial charge in [-0.15, -0.1) is 0 Å². The molecule has 0 amide bonds. The van der Waals surface area contributed by atoms with Crippen LogP contribution >= 0.6 is 11.6 Å². The molecule has 2 aromatic carbocycles. The number of carbonyl (C=O) groups is 1. The normalized spacial score (nSPS) is 19.4. The van der Waals surface area contributed by atoms with E-state index >= 15 is 0 Å². The molecule has 2 aromatic rings. The maximum atomic E-state index is 11.7. The second kappa shape index (κ2) is 7.91. The van der Waals surface area contributed by atoms with Crippen LogP contribution in [-0.4, -0.2) is 29.4 Å². The van der Waals surface area contributed by atoms with Crippen molar-refractivity contribution in [2.24, 2.45) is 0 Å². The molecule has 0 atom stereocenters. The topological polar surface area (TPSA) is 55.8 Å². The smallest absolute Gasteiger partial charge is 0.332 e. The largest absolute Gasteiger partial charge is 0.507 e. The molecule has 0 unspecified atom stereocenters. The number of esters is 1. The summed E-state index contributed by atoms with van der Waals surface area (Å²) in [4.78, 5) is 11.7. The summed E-state index contributed by atoms with van der Waals surface area (Å²) < 4.78 is 10.9. The number of carbonyl (C=O) groups excluding carboxylic acids is 1. The lowest BCUT2D eigenvalue weighted by Crippen LogP contribution is -2.33. The van der Waals surface area contributed by atoms with Gasteiger partial charge in [0.05, 0.1) is 6.10 Å². The lowest BCUT2D eigenvalue weighted by Gasteiger charge is -2.35. The zero-order valence-electron chi connectivity index (χ0n) is 15.9. The number of phenolic OH excluding ortho intramolecular Hbond substituents is 1. The molecule has 0 saturated heterocycles. The van der Waals surface area contributed by atoms with Crippen LogP contribution in [0.5, 0.6) is 5.75 Å². The van der Waals surface area contributed by atoms with Gasteiger partial charge in [-0.05, 0) is 68.9 Å². The quantitative estimate of drug-likeness (QED) is 0.704. The van der Waals surface area contributed by atoms with Crippen LogP contribution in [0, 0.1) is 0 Å². The number of halogens is 1. The van der Waals surface area contributed by atoms with Gasteiger partial charge in [-0.1, -0.05) is 35.9 Å². The molecule has 1 fully saturated rings. The summed E-state index contributed by atoms with van der Waals surface area (Å²) in [5.41, 5.74) is 2.40. The maximum absolute atomic E-state index is 11.7. The molecule has 5 heteroatoms. The zero-order chi connectivity index (χ0) is 19.6. The van der Waals surface area contributed by atoms with Crippen LogP contribution in [0.3, 0.4) is 0 Å². The molecule has 27 heavy (non-hydrogen) atoms. The van der Waals surface area contributed by atoms with Crippen LogP contribution in [0.15, 0.2) is 42.5 Å². The highest BCUT2D eigenvalue weighted by Gasteiger charge is 2.32. The van der Waals surface area contributed by atoms with Crippen LogP contribution in [0.2, 0.25) is 5.02 Å². The number of phenols is 1. The summed E-state index contributed by atoms with van der Waals surface area (Å²) in [6.45, 7) is 5.53. The van der Waals surface area contributed by atoms with E-state index in [1.165, 1.54) is 5.56 Å². The van der Waals surface area contributed by atoms with Crippen molar-refractivity contribution in [1.29, 1.82) is 0 Å². The second-order valence-corrected chi connectivity index (χ2v) is 8.41. The van der Waals surface area contributed by atoms with E-state index in [9.17, 15) is 9.90 Å². The van der Waals surface area contributed by atoms with Crippen molar-refractivity contribution in [3.05, 3.63) is 53.1 Å².